The molecule has 1 aromatic carbocycles. The highest BCUT2D eigenvalue weighted by molar-refractivity contribution is 5.90. The number of nitrogens with one attached hydrogen (secondary N) is 1. The fourth-order valence-electron chi connectivity index (χ4n) is 2.75. The summed E-state index contributed by atoms with van der Waals surface area (Å²) < 4.78 is 5.60. The van der Waals surface area contributed by atoms with Gasteiger partial charge in [-0.1, -0.05) is 0 Å². The Bertz CT molecular complexity index is 858. The molecule has 1 N–H and O–H groups in total. The molecule has 140 valence electrons. The van der Waals surface area contributed by atoms with Gasteiger partial charge in [-0.05, 0) is 50.2 Å². The predicted octanol–water partition coefficient (Wildman–Crippen LogP) is 3.55. The first-order valence-electron chi connectivity index (χ1n) is 9.07. The summed E-state index contributed by atoms with van der Waals surface area (Å²) >= 11 is 0. The molecule has 0 spiro atoms. The molecular weight excluding hydrogens is 342 g/mol. The van der Waals surface area contributed by atoms with Gasteiger partial charge in [-0.15, -0.1) is 10.2 Å². The second-order valence-corrected chi connectivity index (χ2v) is 6.00. The standard InChI is InChI=1S/C20H23N5O2/c1-3-25(4-2)17-7-5-16(6-8-17)22-18(26)9-10-19-23-24-20(27-19)15-11-13-21-14-12-15/h5-8,11-14H,3-4,9-10H2,1-2H3,(H,22,26). The second kappa shape index (κ2) is 8.93. The number of carbonyl (C=O) groups is 1. The van der Waals surface area contributed by atoms with Crippen LogP contribution in [-0.2, 0) is 11.2 Å². The van der Waals surface area contributed by atoms with Gasteiger partial charge < -0.3 is 14.6 Å². The van der Waals surface area contributed by atoms with Gasteiger partial charge in [0.05, 0.1) is 0 Å². The fraction of sp³-hybridized carbons (Fsp3) is 0.300. The van der Waals surface area contributed by atoms with E-state index < -0.39 is 0 Å². The van der Waals surface area contributed by atoms with Crippen molar-refractivity contribution < 1.29 is 9.21 Å². The third-order valence-electron chi connectivity index (χ3n) is 4.24. The minimum atomic E-state index is -0.0887. The van der Waals surface area contributed by atoms with Crippen molar-refractivity contribution in [3.63, 3.8) is 0 Å². The number of amides is 1. The summed E-state index contributed by atoms with van der Waals surface area (Å²) in [5, 5.41) is 10.9. The van der Waals surface area contributed by atoms with Gasteiger partial charge in [-0.3, -0.25) is 9.78 Å². The zero-order valence-corrected chi connectivity index (χ0v) is 15.6. The fourth-order valence-corrected chi connectivity index (χ4v) is 2.75. The summed E-state index contributed by atoms with van der Waals surface area (Å²) in [6.45, 7) is 6.15. The van der Waals surface area contributed by atoms with E-state index in [1.807, 2.05) is 24.3 Å². The molecule has 3 rings (SSSR count). The SMILES string of the molecule is CCN(CC)c1ccc(NC(=O)CCc2nnc(-c3ccncc3)o2)cc1. The van der Waals surface area contributed by atoms with Gasteiger partial charge in [0.15, 0.2) is 0 Å². The number of aryl methyl sites for hydroxylation is 1. The summed E-state index contributed by atoms with van der Waals surface area (Å²) in [5.74, 6) is 0.780. The van der Waals surface area contributed by atoms with Crippen LogP contribution in [0.1, 0.15) is 26.2 Å². The van der Waals surface area contributed by atoms with Crippen LogP contribution < -0.4 is 10.2 Å². The van der Waals surface area contributed by atoms with Crippen LogP contribution in [-0.4, -0.2) is 34.2 Å². The summed E-state index contributed by atoms with van der Waals surface area (Å²) in [4.78, 5) is 18.4. The van der Waals surface area contributed by atoms with E-state index in [9.17, 15) is 4.79 Å². The summed E-state index contributed by atoms with van der Waals surface area (Å²) in [6.07, 6.45) is 3.99. The minimum absolute atomic E-state index is 0.0887. The Morgan fingerprint density at radius 1 is 1.04 bits per heavy atom. The Morgan fingerprint density at radius 2 is 1.74 bits per heavy atom. The van der Waals surface area contributed by atoms with Crippen molar-refractivity contribution in [2.24, 2.45) is 0 Å². The van der Waals surface area contributed by atoms with E-state index in [0.717, 1.165) is 30.0 Å². The van der Waals surface area contributed by atoms with Crippen LogP contribution in [0.5, 0.6) is 0 Å². The zero-order chi connectivity index (χ0) is 19.1. The molecule has 0 saturated heterocycles. The number of carbonyl (C=O) groups excluding carboxylic acids is 1. The Balaban J connectivity index is 1.52. The number of benzene rings is 1. The molecule has 1 amide bonds. The number of hydrogen-bond donors (Lipinski definition) is 1. The largest absolute Gasteiger partial charge is 0.421 e. The van der Waals surface area contributed by atoms with Crippen molar-refractivity contribution in [2.75, 3.05) is 23.3 Å². The van der Waals surface area contributed by atoms with Crippen LogP contribution in [0.4, 0.5) is 11.4 Å². The highest BCUT2D eigenvalue weighted by Gasteiger charge is 2.11. The van der Waals surface area contributed by atoms with Crippen LogP contribution >= 0.6 is 0 Å². The van der Waals surface area contributed by atoms with Gasteiger partial charge in [0.25, 0.3) is 0 Å². The number of aromatic nitrogens is 3. The van der Waals surface area contributed by atoms with E-state index >= 15 is 0 Å². The predicted molar refractivity (Wildman–Crippen MR) is 104 cm³/mol. The second-order valence-electron chi connectivity index (χ2n) is 6.00. The Labute approximate surface area is 158 Å². The lowest BCUT2D eigenvalue weighted by Gasteiger charge is -2.21. The molecule has 2 heterocycles. The van der Waals surface area contributed by atoms with Gasteiger partial charge in [-0.25, -0.2) is 0 Å². The van der Waals surface area contributed by atoms with E-state index in [1.165, 1.54) is 0 Å². The van der Waals surface area contributed by atoms with Gasteiger partial charge >= 0.3 is 0 Å². The molecule has 3 aromatic rings. The van der Waals surface area contributed by atoms with Crippen LogP contribution in [0.3, 0.4) is 0 Å². The smallest absolute Gasteiger partial charge is 0.247 e. The van der Waals surface area contributed by atoms with Crippen LogP contribution in [0.15, 0.2) is 53.2 Å². The number of nitrogens with zero attached hydrogens (tertiary/aromatic N) is 4. The van der Waals surface area contributed by atoms with E-state index in [-0.39, 0.29) is 12.3 Å². The maximum atomic E-state index is 12.2. The van der Waals surface area contributed by atoms with Crippen molar-refractivity contribution >= 4 is 17.3 Å². The quantitative estimate of drug-likeness (QED) is 0.657. The molecule has 0 bridgehead atoms. The first-order valence-corrected chi connectivity index (χ1v) is 9.07. The minimum Gasteiger partial charge on any atom is -0.421 e. The van der Waals surface area contributed by atoms with Gasteiger partial charge in [0, 0.05) is 55.3 Å². The number of hydrogen-bond acceptors (Lipinski definition) is 6. The lowest BCUT2D eigenvalue weighted by Crippen LogP contribution is -2.21. The van der Waals surface area contributed by atoms with E-state index in [0.29, 0.717) is 18.2 Å². The summed E-state index contributed by atoms with van der Waals surface area (Å²) in [7, 11) is 0. The molecule has 2 aromatic heterocycles. The van der Waals surface area contributed by atoms with Crippen molar-refractivity contribution in [3.05, 3.63) is 54.7 Å². The summed E-state index contributed by atoms with van der Waals surface area (Å²) in [5.41, 5.74) is 2.73. The normalized spacial score (nSPS) is 10.6. The molecule has 27 heavy (non-hydrogen) atoms. The maximum Gasteiger partial charge on any atom is 0.247 e. The Morgan fingerprint density at radius 3 is 2.41 bits per heavy atom. The number of pyridine rings is 1. The highest BCUT2D eigenvalue weighted by atomic mass is 16.4. The monoisotopic (exact) mass is 365 g/mol. The molecule has 0 aliphatic heterocycles. The van der Waals surface area contributed by atoms with Gasteiger partial charge in [-0.2, -0.15) is 0 Å². The van der Waals surface area contributed by atoms with E-state index in [4.69, 9.17) is 4.42 Å². The molecule has 0 fully saturated rings. The van der Waals surface area contributed by atoms with Crippen molar-refractivity contribution in [2.45, 2.75) is 26.7 Å². The molecule has 0 aliphatic carbocycles. The number of rotatable bonds is 8. The van der Waals surface area contributed by atoms with Crippen molar-refractivity contribution in [1.29, 1.82) is 0 Å². The van der Waals surface area contributed by atoms with Gasteiger partial charge in [0.1, 0.15) is 0 Å². The average Bonchev–Trinajstić information content (AvgIpc) is 3.18. The van der Waals surface area contributed by atoms with E-state index in [2.05, 4.69) is 39.2 Å². The lowest BCUT2D eigenvalue weighted by atomic mass is 10.2. The van der Waals surface area contributed by atoms with Crippen LogP contribution in [0, 0.1) is 0 Å². The first kappa shape index (κ1) is 18.6. The van der Waals surface area contributed by atoms with Crippen molar-refractivity contribution in [3.8, 4) is 11.5 Å². The first-order chi connectivity index (χ1) is 13.2. The van der Waals surface area contributed by atoms with E-state index in [1.54, 1.807) is 24.5 Å². The molecule has 7 nitrogen and oxygen atoms in total. The molecule has 0 radical (unpaired) electrons. The Kier molecular flexibility index (Phi) is 6.14. The lowest BCUT2D eigenvalue weighted by molar-refractivity contribution is -0.116. The van der Waals surface area contributed by atoms with Crippen LogP contribution in [0.2, 0.25) is 0 Å². The molecule has 0 aliphatic rings. The van der Waals surface area contributed by atoms with Crippen LogP contribution in [0.25, 0.3) is 11.5 Å². The molecular formula is C20H23N5O2. The summed E-state index contributed by atoms with van der Waals surface area (Å²) in [6, 6.07) is 11.5. The molecule has 0 unspecified atom stereocenters. The highest BCUT2D eigenvalue weighted by Crippen LogP contribution is 2.19. The third kappa shape index (κ3) is 4.91. The zero-order valence-electron chi connectivity index (χ0n) is 15.6. The van der Waals surface area contributed by atoms with Crippen molar-refractivity contribution in [1.82, 2.24) is 15.2 Å². The third-order valence-corrected chi connectivity index (χ3v) is 4.24. The molecule has 0 saturated carbocycles. The van der Waals surface area contributed by atoms with Gasteiger partial charge in [0.2, 0.25) is 17.7 Å². The topological polar surface area (TPSA) is 84.2 Å². The molecule has 7 heteroatoms. The average molecular weight is 365 g/mol. The molecule has 0 atom stereocenters. The maximum absolute atomic E-state index is 12.2. The Hall–Kier alpha value is -3.22. The number of anilines is 2.